The van der Waals surface area contributed by atoms with E-state index in [0.717, 1.165) is 45.9 Å². The molecule has 0 aromatic carbocycles. The molecule has 0 saturated carbocycles. The van der Waals surface area contributed by atoms with Crippen molar-refractivity contribution in [3.8, 4) is 0 Å². The summed E-state index contributed by atoms with van der Waals surface area (Å²) < 4.78 is 0. The van der Waals surface area contributed by atoms with Gasteiger partial charge in [0.1, 0.15) is 0 Å². The summed E-state index contributed by atoms with van der Waals surface area (Å²) in [6, 6.07) is 0.143. The van der Waals surface area contributed by atoms with E-state index in [-0.39, 0.29) is 6.03 Å². The molecule has 17 heavy (non-hydrogen) atoms. The summed E-state index contributed by atoms with van der Waals surface area (Å²) in [5.74, 6) is 0. The molecule has 0 bridgehead atoms. The van der Waals surface area contributed by atoms with Crippen LogP contribution in [0.25, 0.3) is 0 Å². The summed E-state index contributed by atoms with van der Waals surface area (Å²) in [6.07, 6.45) is 1.06. The fourth-order valence-corrected chi connectivity index (χ4v) is 2.10. The van der Waals surface area contributed by atoms with E-state index in [1.165, 1.54) is 0 Å². The maximum atomic E-state index is 12.1. The molecular weight excluding hydrogens is 216 g/mol. The zero-order valence-electron chi connectivity index (χ0n) is 11.6. The van der Waals surface area contributed by atoms with E-state index in [1.807, 2.05) is 18.9 Å². The molecule has 0 aromatic rings. The molecule has 0 N–H and O–H groups in total. The lowest BCUT2D eigenvalue weighted by Crippen LogP contribution is -2.51. The Morgan fingerprint density at radius 1 is 1.24 bits per heavy atom. The smallest absolute Gasteiger partial charge is 0.320 e. The maximum Gasteiger partial charge on any atom is 0.320 e. The Morgan fingerprint density at radius 2 is 1.94 bits per heavy atom. The van der Waals surface area contributed by atoms with Crippen molar-refractivity contribution >= 4 is 6.03 Å². The molecule has 0 atom stereocenters. The summed E-state index contributed by atoms with van der Waals surface area (Å²) in [5, 5.41) is 0. The van der Waals surface area contributed by atoms with Gasteiger partial charge in [0.15, 0.2) is 0 Å². The third kappa shape index (κ3) is 4.16. The molecule has 0 spiro atoms. The highest BCUT2D eigenvalue weighted by atomic mass is 16.2. The Hall–Kier alpha value is -0.810. The first-order valence-electron chi connectivity index (χ1n) is 6.49. The Balaban J connectivity index is 2.56. The molecule has 0 aliphatic carbocycles. The number of carbonyl (C=O) groups excluding carboxylic acids is 1. The van der Waals surface area contributed by atoms with Crippen LogP contribution in [0.3, 0.4) is 0 Å². The van der Waals surface area contributed by atoms with Crippen molar-refractivity contribution in [2.75, 3.05) is 53.6 Å². The average Bonchev–Trinajstić information content (AvgIpc) is 2.31. The van der Waals surface area contributed by atoms with Gasteiger partial charge in [-0.15, -0.1) is 0 Å². The number of urea groups is 1. The van der Waals surface area contributed by atoms with Gasteiger partial charge in [-0.3, -0.25) is 9.80 Å². The molecule has 1 heterocycles. The number of nitrogens with zero attached hydrogens (tertiary/aromatic N) is 4. The lowest BCUT2D eigenvalue weighted by atomic mass is 10.3. The summed E-state index contributed by atoms with van der Waals surface area (Å²) in [4.78, 5) is 20.4. The van der Waals surface area contributed by atoms with Gasteiger partial charge in [-0.25, -0.2) is 4.79 Å². The van der Waals surface area contributed by atoms with E-state index in [1.54, 1.807) is 4.90 Å². The van der Waals surface area contributed by atoms with E-state index < -0.39 is 0 Å². The zero-order chi connectivity index (χ0) is 12.8. The second-order valence-corrected chi connectivity index (χ2v) is 4.76. The van der Waals surface area contributed by atoms with Gasteiger partial charge >= 0.3 is 6.03 Å². The van der Waals surface area contributed by atoms with Gasteiger partial charge in [-0.2, -0.15) is 0 Å². The van der Waals surface area contributed by atoms with E-state index in [2.05, 4.69) is 23.8 Å². The average molecular weight is 242 g/mol. The van der Waals surface area contributed by atoms with Crippen LogP contribution in [0.2, 0.25) is 0 Å². The first-order chi connectivity index (χ1) is 8.08. The third-order valence-electron chi connectivity index (χ3n) is 3.27. The van der Waals surface area contributed by atoms with E-state index in [0.29, 0.717) is 0 Å². The minimum Gasteiger partial charge on any atom is -0.328 e. The Bertz CT molecular complexity index is 247. The SMILES string of the molecule is CCN1CCCN(C(=O)N(C)CC)CN(C)C1. The standard InChI is InChI=1S/C12H26N4O/c1-5-14(4)12(17)16-9-7-8-15(6-2)10-13(3)11-16/h5-11H2,1-4H3. The van der Waals surface area contributed by atoms with Crippen molar-refractivity contribution < 1.29 is 4.79 Å². The summed E-state index contributed by atoms with van der Waals surface area (Å²) >= 11 is 0. The molecular formula is C12H26N4O. The number of hydrogen-bond acceptors (Lipinski definition) is 3. The number of carbonyl (C=O) groups is 1. The minimum absolute atomic E-state index is 0.143. The fourth-order valence-electron chi connectivity index (χ4n) is 2.10. The molecule has 1 rings (SSSR count). The number of amides is 2. The Kier molecular flexibility index (Phi) is 5.71. The molecule has 5 heteroatoms. The van der Waals surface area contributed by atoms with Crippen LogP contribution in [0, 0.1) is 0 Å². The number of hydrogen-bond donors (Lipinski definition) is 0. The molecule has 0 radical (unpaired) electrons. The lowest BCUT2D eigenvalue weighted by Gasteiger charge is -2.36. The molecule has 0 unspecified atom stereocenters. The predicted molar refractivity (Wildman–Crippen MR) is 69.8 cm³/mol. The largest absolute Gasteiger partial charge is 0.328 e. The first-order valence-corrected chi connectivity index (χ1v) is 6.49. The van der Waals surface area contributed by atoms with Gasteiger partial charge in [-0.1, -0.05) is 6.92 Å². The van der Waals surface area contributed by atoms with Gasteiger partial charge in [-0.05, 0) is 26.9 Å². The van der Waals surface area contributed by atoms with Gasteiger partial charge in [0.25, 0.3) is 0 Å². The molecule has 1 saturated heterocycles. The van der Waals surface area contributed by atoms with Crippen LogP contribution < -0.4 is 0 Å². The summed E-state index contributed by atoms with van der Waals surface area (Å²) in [5.41, 5.74) is 0. The predicted octanol–water partition coefficient (Wildman–Crippen LogP) is 0.933. The van der Waals surface area contributed by atoms with Crippen LogP contribution in [0.15, 0.2) is 0 Å². The van der Waals surface area contributed by atoms with Crippen LogP contribution >= 0.6 is 0 Å². The molecule has 2 amide bonds. The first kappa shape index (κ1) is 14.3. The molecule has 5 nitrogen and oxygen atoms in total. The summed E-state index contributed by atoms with van der Waals surface area (Å²) in [7, 11) is 3.93. The van der Waals surface area contributed by atoms with Gasteiger partial charge < -0.3 is 9.80 Å². The molecule has 1 aliphatic heterocycles. The second kappa shape index (κ2) is 6.81. The highest BCUT2D eigenvalue weighted by molar-refractivity contribution is 5.74. The Labute approximate surface area is 105 Å². The molecule has 1 fully saturated rings. The van der Waals surface area contributed by atoms with Crippen LogP contribution in [0.5, 0.6) is 0 Å². The maximum absolute atomic E-state index is 12.1. The van der Waals surface area contributed by atoms with Crippen molar-refractivity contribution in [1.29, 1.82) is 0 Å². The topological polar surface area (TPSA) is 30.0 Å². The van der Waals surface area contributed by atoms with Gasteiger partial charge in [0.2, 0.25) is 0 Å². The van der Waals surface area contributed by atoms with E-state index in [9.17, 15) is 4.79 Å². The molecule has 1 aliphatic rings. The lowest BCUT2D eigenvalue weighted by molar-refractivity contribution is 0.0702. The van der Waals surface area contributed by atoms with Crippen molar-refractivity contribution in [3.63, 3.8) is 0 Å². The normalized spacial score (nSPS) is 19.9. The van der Waals surface area contributed by atoms with Gasteiger partial charge in [0.05, 0.1) is 13.3 Å². The monoisotopic (exact) mass is 242 g/mol. The zero-order valence-corrected chi connectivity index (χ0v) is 11.6. The minimum atomic E-state index is 0.143. The highest BCUT2D eigenvalue weighted by Gasteiger charge is 2.21. The number of rotatable bonds is 2. The Morgan fingerprint density at radius 3 is 2.53 bits per heavy atom. The van der Waals surface area contributed by atoms with Crippen molar-refractivity contribution in [2.24, 2.45) is 0 Å². The van der Waals surface area contributed by atoms with Crippen LogP contribution in [0.1, 0.15) is 20.3 Å². The van der Waals surface area contributed by atoms with E-state index in [4.69, 9.17) is 0 Å². The van der Waals surface area contributed by atoms with Crippen molar-refractivity contribution in [3.05, 3.63) is 0 Å². The highest BCUT2D eigenvalue weighted by Crippen LogP contribution is 2.06. The van der Waals surface area contributed by atoms with E-state index >= 15 is 0 Å². The van der Waals surface area contributed by atoms with Crippen molar-refractivity contribution in [2.45, 2.75) is 20.3 Å². The van der Waals surface area contributed by atoms with Crippen LogP contribution in [0.4, 0.5) is 4.79 Å². The fraction of sp³-hybridized carbons (Fsp3) is 0.917. The van der Waals surface area contributed by atoms with Crippen LogP contribution in [-0.4, -0.2) is 79.2 Å². The quantitative estimate of drug-likeness (QED) is 0.721. The van der Waals surface area contributed by atoms with Crippen molar-refractivity contribution in [1.82, 2.24) is 19.6 Å². The molecule has 0 aromatic heterocycles. The van der Waals surface area contributed by atoms with Gasteiger partial charge in [0, 0.05) is 26.7 Å². The third-order valence-corrected chi connectivity index (χ3v) is 3.27. The van der Waals surface area contributed by atoms with Crippen LogP contribution in [-0.2, 0) is 0 Å². The summed E-state index contributed by atoms with van der Waals surface area (Å²) in [6.45, 7) is 9.61. The molecule has 100 valence electrons. The second-order valence-electron chi connectivity index (χ2n) is 4.76.